The van der Waals surface area contributed by atoms with Crippen LogP contribution in [0.25, 0.3) is 0 Å². The summed E-state index contributed by atoms with van der Waals surface area (Å²) in [6, 6.07) is 0. The van der Waals surface area contributed by atoms with Crippen LogP contribution in [-0.4, -0.2) is 45.2 Å². The molecule has 1 aromatic heterocycles. The van der Waals surface area contributed by atoms with Gasteiger partial charge in [-0.3, -0.25) is 4.79 Å². The molecule has 0 saturated heterocycles. The first-order chi connectivity index (χ1) is 9.76. The quantitative estimate of drug-likeness (QED) is 0.755. The van der Waals surface area contributed by atoms with E-state index < -0.39 is 0 Å². The van der Waals surface area contributed by atoms with Crippen molar-refractivity contribution in [3.63, 3.8) is 0 Å². The van der Waals surface area contributed by atoms with Gasteiger partial charge in [0.05, 0.1) is 6.54 Å². The van der Waals surface area contributed by atoms with Gasteiger partial charge >= 0.3 is 0 Å². The molecule has 112 valence electrons. The maximum absolute atomic E-state index is 11.9. The van der Waals surface area contributed by atoms with Gasteiger partial charge in [0.25, 0.3) is 0 Å². The van der Waals surface area contributed by atoms with E-state index in [-0.39, 0.29) is 5.91 Å². The minimum absolute atomic E-state index is 0.214. The Balaban J connectivity index is 1.74. The Bertz CT molecular complexity index is 439. The number of carbonyl (C=O) groups excluding carboxylic acids is 1. The van der Waals surface area contributed by atoms with Crippen molar-refractivity contribution < 1.29 is 4.79 Å². The summed E-state index contributed by atoms with van der Waals surface area (Å²) in [6.45, 7) is 8.00. The van der Waals surface area contributed by atoms with Crippen LogP contribution in [0.4, 0.5) is 0 Å². The molecular formula is C14H25N5O. The van der Waals surface area contributed by atoms with Gasteiger partial charge in [-0.15, -0.1) is 10.2 Å². The molecule has 0 spiro atoms. The van der Waals surface area contributed by atoms with Crippen molar-refractivity contribution >= 4 is 5.91 Å². The van der Waals surface area contributed by atoms with Crippen molar-refractivity contribution in [3.8, 4) is 0 Å². The van der Waals surface area contributed by atoms with Crippen LogP contribution in [0.2, 0.25) is 0 Å². The average molecular weight is 279 g/mol. The Kier molecular flexibility index (Phi) is 5.52. The number of aromatic nitrogens is 3. The van der Waals surface area contributed by atoms with Crippen molar-refractivity contribution in [2.75, 3.05) is 19.6 Å². The van der Waals surface area contributed by atoms with Crippen molar-refractivity contribution in [1.29, 1.82) is 0 Å². The molecule has 0 aromatic carbocycles. The topological polar surface area (TPSA) is 63.1 Å². The predicted molar refractivity (Wildman–Crippen MR) is 77.2 cm³/mol. The first-order valence-electron chi connectivity index (χ1n) is 7.65. The number of carbonyl (C=O) groups is 1. The zero-order valence-electron chi connectivity index (χ0n) is 12.6. The molecule has 0 atom stereocenters. The number of aryl methyl sites for hydroxylation is 1. The predicted octanol–water partition coefficient (Wildman–Crippen LogP) is 0.962. The van der Waals surface area contributed by atoms with Gasteiger partial charge in [0.2, 0.25) is 5.91 Å². The molecule has 0 saturated carbocycles. The van der Waals surface area contributed by atoms with E-state index in [2.05, 4.69) is 20.1 Å². The zero-order valence-corrected chi connectivity index (χ0v) is 12.6. The van der Waals surface area contributed by atoms with Crippen LogP contribution >= 0.6 is 0 Å². The molecule has 2 heterocycles. The van der Waals surface area contributed by atoms with Gasteiger partial charge in [0.15, 0.2) is 0 Å². The number of hydrogen-bond donors (Lipinski definition) is 1. The summed E-state index contributed by atoms with van der Waals surface area (Å²) < 4.78 is 2.21. The molecule has 6 heteroatoms. The van der Waals surface area contributed by atoms with E-state index in [0.717, 1.165) is 37.7 Å². The van der Waals surface area contributed by atoms with Crippen LogP contribution in [0.3, 0.4) is 0 Å². The normalized spacial score (nSPS) is 14.1. The molecule has 1 amide bonds. The van der Waals surface area contributed by atoms with E-state index in [4.69, 9.17) is 0 Å². The van der Waals surface area contributed by atoms with E-state index in [0.29, 0.717) is 19.5 Å². The van der Waals surface area contributed by atoms with E-state index >= 15 is 0 Å². The van der Waals surface area contributed by atoms with E-state index in [1.165, 1.54) is 12.8 Å². The molecule has 1 aliphatic heterocycles. The van der Waals surface area contributed by atoms with Crippen LogP contribution in [0.15, 0.2) is 0 Å². The largest absolute Gasteiger partial charge is 0.343 e. The molecule has 0 aliphatic carbocycles. The van der Waals surface area contributed by atoms with Crippen molar-refractivity contribution in [2.45, 2.75) is 52.6 Å². The smallest absolute Gasteiger partial charge is 0.223 e. The second-order valence-electron chi connectivity index (χ2n) is 5.13. The number of hydrogen-bond acceptors (Lipinski definition) is 4. The van der Waals surface area contributed by atoms with Gasteiger partial charge in [-0.1, -0.05) is 0 Å². The van der Waals surface area contributed by atoms with Gasteiger partial charge in [0.1, 0.15) is 11.6 Å². The number of amides is 1. The third-order valence-corrected chi connectivity index (χ3v) is 3.85. The van der Waals surface area contributed by atoms with E-state index in [1.807, 2.05) is 18.7 Å². The highest BCUT2D eigenvalue weighted by Gasteiger charge is 2.15. The standard InChI is InChI=1S/C14H25N5O/c1-3-18(4-2)14(20)8-9-15-11-13-17-16-12-7-5-6-10-19(12)13/h15H,3-11H2,1-2H3. The van der Waals surface area contributed by atoms with Crippen molar-refractivity contribution in [1.82, 2.24) is 25.0 Å². The molecule has 2 rings (SSSR count). The van der Waals surface area contributed by atoms with Crippen LogP contribution in [0, 0.1) is 0 Å². The molecule has 0 bridgehead atoms. The summed E-state index contributed by atoms with van der Waals surface area (Å²) >= 11 is 0. The fourth-order valence-electron chi connectivity index (χ4n) is 2.63. The Hall–Kier alpha value is -1.43. The molecule has 6 nitrogen and oxygen atoms in total. The molecule has 0 radical (unpaired) electrons. The number of fused-ring (bicyclic) bond motifs is 1. The van der Waals surface area contributed by atoms with E-state index in [9.17, 15) is 4.79 Å². The highest BCUT2D eigenvalue weighted by Crippen LogP contribution is 2.13. The Labute approximate surface area is 120 Å². The molecule has 1 N–H and O–H groups in total. The summed E-state index contributed by atoms with van der Waals surface area (Å²) in [5.74, 6) is 2.31. The first kappa shape index (κ1) is 15.0. The number of nitrogens with one attached hydrogen (secondary N) is 1. The van der Waals surface area contributed by atoms with Gasteiger partial charge in [-0.25, -0.2) is 0 Å². The highest BCUT2D eigenvalue weighted by molar-refractivity contribution is 5.76. The third kappa shape index (κ3) is 3.56. The number of rotatable bonds is 7. The summed E-state index contributed by atoms with van der Waals surface area (Å²) in [7, 11) is 0. The second kappa shape index (κ2) is 7.38. The summed E-state index contributed by atoms with van der Waals surface area (Å²) in [4.78, 5) is 13.7. The van der Waals surface area contributed by atoms with Crippen molar-refractivity contribution in [3.05, 3.63) is 11.6 Å². The fraction of sp³-hybridized carbons (Fsp3) is 0.786. The molecule has 20 heavy (non-hydrogen) atoms. The van der Waals surface area contributed by atoms with Gasteiger partial charge < -0.3 is 14.8 Å². The average Bonchev–Trinajstić information content (AvgIpc) is 2.88. The van der Waals surface area contributed by atoms with Gasteiger partial charge in [-0.05, 0) is 26.7 Å². The lowest BCUT2D eigenvalue weighted by molar-refractivity contribution is -0.130. The minimum atomic E-state index is 0.214. The van der Waals surface area contributed by atoms with Gasteiger partial charge in [0, 0.05) is 39.0 Å². The minimum Gasteiger partial charge on any atom is -0.343 e. The highest BCUT2D eigenvalue weighted by atomic mass is 16.2. The maximum atomic E-state index is 11.9. The molecule has 0 unspecified atom stereocenters. The second-order valence-corrected chi connectivity index (χ2v) is 5.13. The Morgan fingerprint density at radius 1 is 1.30 bits per heavy atom. The van der Waals surface area contributed by atoms with Gasteiger partial charge in [-0.2, -0.15) is 0 Å². The van der Waals surface area contributed by atoms with Crippen LogP contribution in [-0.2, 0) is 24.3 Å². The molecular weight excluding hydrogens is 254 g/mol. The first-order valence-corrected chi connectivity index (χ1v) is 7.65. The summed E-state index contributed by atoms with van der Waals surface area (Å²) in [6.07, 6.45) is 4.00. The number of nitrogens with zero attached hydrogens (tertiary/aromatic N) is 4. The zero-order chi connectivity index (χ0) is 14.4. The lowest BCUT2D eigenvalue weighted by Crippen LogP contribution is -2.33. The fourth-order valence-corrected chi connectivity index (χ4v) is 2.63. The van der Waals surface area contributed by atoms with Crippen LogP contribution in [0.1, 0.15) is 44.8 Å². The van der Waals surface area contributed by atoms with Crippen molar-refractivity contribution in [2.24, 2.45) is 0 Å². The van der Waals surface area contributed by atoms with Crippen LogP contribution in [0.5, 0.6) is 0 Å². The van der Waals surface area contributed by atoms with E-state index in [1.54, 1.807) is 0 Å². The lowest BCUT2D eigenvalue weighted by atomic mass is 10.2. The summed E-state index contributed by atoms with van der Waals surface area (Å²) in [5, 5.41) is 11.8. The monoisotopic (exact) mass is 279 g/mol. The molecule has 0 fully saturated rings. The lowest BCUT2D eigenvalue weighted by Gasteiger charge is -2.18. The Morgan fingerprint density at radius 2 is 2.10 bits per heavy atom. The molecule has 1 aliphatic rings. The maximum Gasteiger partial charge on any atom is 0.223 e. The SMILES string of the molecule is CCN(CC)C(=O)CCNCc1nnc2n1CCCC2. The third-order valence-electron chi connectivity index (χ3n) is 3.85. The molecule has 1 aromatic rings. The Morgan fingerprint density at radius 3 is 2.85 bits per heavy atom. The summed E-state index contributed by atoms with van der Waals surface area (Å²) in [5.41, 5.74) is 0. The van der Waals surface area contributed by atoms with Crippen LogP contribution < -0.4 is 5.32 Å².